The molecule has 0 bridgehead atoms. The molecule has 3 nitrogen and oxygen atoms in total. The van der Waals surface area contributed by atoms with Gasteiger partial charge in [0, 0.05) is 48.3 Å². The minimum atomic E-state index is -2.00. The first-order valence-electron chi connectivity index (χ1n) is 22.2. The largest absolute Gasteiger partial charge is 0.456 e. The zero-order chi connectivity index (χ0) is 42.5. The molecule has 2 aliphatic heterocycles. The van der Waals surface area contributed by atoms with Crippen LogP contribution in [-0.2, 0) is 0 Å². The molecule has 13 rings (SSSR count). The Morgan fingerprint density at radius 1 is 0.413 bits per heavy atom. The first-order chi connectivity index (χ1) is 30.6. The SMILES string of the molecule is C[Si](C)(C)c1c(N2c3cccc4c3B(c3ccc5oc6ccccc6c5c32)c2ccc3sc5ccccc5c3c2N4c2ccc3ccccc3c2[Si](C)(C)C)ccc2ccccc12. The average Bonchev–Trinajstić information content (AvgIpc) is 3.86. The van der Waals surface area contributed by atoms with Gasteiger partial charge in [0.25, 0.3) is 6.71 Å². The summed E-state index contributed by atoms with van der Waals surface area (Å²) < 4.78 is 9.40. The fraction of sp³-hybridized carbons (Fsp3) is 0.107. The first kappa shape index (κ1) is 37.2. The number of para-hydroxylation sites is 1. The Hall–Kier alpha value is -6.38. The zero-order valence-electron chi connectivity index (χ0n) is 36.4. The van der Waals surface area contributed by atoms with Crippen molar-refractivity contribution in [3.8, 4) is 0 Å². The highest BCUT2D eigenvalue weighted by Gasteiger charge is 2.46. The van der Waals surface area contributed by atoms with Gasteiger partial charge in [0.05, 0.1) is 32.9 Å². The molecule has 63 heavy (non-hydrogen) atoms. The van der Waals surface area contributed by atoms with Crippen molar-refractivity contribution in [2.24, 2.45) is 0 Å². The maximum atomic E-state index is 6.76. The topological polar surface area (TPSA) is 19.6 Å². The van der Waals surface area contributed by atoms with Crippen LogP contribution in [0.25, 0.3) is 63.7 Å². The van der Waals surface area contributed by atoms with Crippen molar-refractivity contribution >= 4 is 159 Å². The lowest BCUT2D eigenvalue weighted by atomic mass is 9.33. The van der Waals surface area contributed by atoms with Gasteiger partial charge in [-0.05, 0) is 96.8 Å². The second-order valence-corrected chi connectivity index (χ2v) is 30.7. The van der Waals surface area contributed by atoms with Gasteiger partial charge in [0.1, 0.15) is 11.2 Å². The molecule has 0 saturated heterocycles. The Balaban J connectivity index is 1.23. The maximum absolute atomic E-state index is 6.76. The Morgan fingerprint density at radius 2 is 0.937 bits per heavy atom. The van der Waals surface area contributed by atoms with E-state index in [1.807, 2.05) is 11.3 Å². The fourth-order valence-corrected chi connectivity index (χ4v) is 16.6. The van der Waals surface area contributed by atoms with Crippen molar-refractivity contribution in [1.29, 1.82) is 0 Å². The molecule has 2 aliphatic rings. The molecule has 11 aromatic rings. The number of furan rings is 1. The molecule has 2 aromatic heterocycles. The molecule has 0 saturated carbocycles. The van der Waals surface area contributed by atoms with Crippen molar-refractivity contribution < 1.29 is 4.42 Å². The van der Waals surface area contributed by atoms with Crippen LogP contribution in [0.15, 0.2) is 168 Å². The molecular formula is C56H45BN2OSSi2. The van der Waals surface area contributed by atoms with Crippen LogP contribution in [0.2, 0.25) is 39.3 Å². The second kappa shape index (κ2) is 13.1. The molecule has 7 heteroatoms. The fourth-order valence-electron chi connectivity index (χ4n) is 11.5. The van der Waals surface area contributed by atoms with E-state index >= 15 is 0 Å². The Bertz CT molecular complexity index is 3520. The number of hydrogen-bond acceptors (Lipinski definition) is 4. The molecule has 302 valence electrons. The summed E-state index contributed by atoms with van der Waals surface area (Å²) in [5.74, 6) is 0. The van der Waals surface area contributed by atoms with Crippen LogP contribution < -0.4 is 36.6 Å². The molecule has 0 amide bonds. The van der Waals surface area contributed by atoms with Crippen LogP contribution in [0, 0.1) is 0 Å². The van der Waals surface area contributed by atoms with Crippen LogP contribution >= 0.6 is 11.3 Å². The Labute approximate surface area is 373 Å². The van der Waals surface area contributed by atoms with E-state index in [9.17, 15) is 0 Å². The lowest BCUT2D eigenvalue weighted by Crippen LogP contribution is -2.62. The number of benzene rings is 9. The summed E-state index contributed by atoms with van der Waals surface area (Å²) in [5, 5.41) is 13.3. The smallest absolute Gasteiger partial charge is 0.252 e. The minimum absolute atomic E-state index is 0.0265. The number of hydrogen-bond donors (Lipinski definition) is 0. The summed E-state index contributed by atoms with van der Waals surface area (Å²) in [6.07, 6.45) is 0. The average molecular weight is 861 g/mol. The minimum Gasteiger partial charge on any atom is -0.456 e. The van der Waals surface area contributed by atoms with Gasteiger partial charge >= 0.3 is 0 Å². The van der Waals surface area contributed by atoms with Crippen molar-refractivity contribution in [3.63, 3.8) is 0 Å². The highest BCUT2D eigenvalue weighted by Crippen LogP contribution is 2.51. The molecule has 0 spiro atoms. The van der Waals surface area contributed by atoms with E-state index in [0.29, 0.717) is 0 Å². The van der Waals surface area contributed by atoms with Gasteiger partial charge in [0.15, 0.2) is 0 Å². The molecule has 0 unspecified atom stereocenters. The highest BCUT2D eigenvalue weighted by atomic mass is 32.1. The number of nitrogens with zero attached hydrogens (tertiary/aromatic N) is 2. The molecular weight excluding hydrogens is 816 g/mol. The third kappa shape index (κ3) is 5.18. The lowest BCUT2D eigenvalue weighted by molar-refractivity contribution is 0.669. The summed E-state index contributed by atoms with van der Waals surface area (Å²) in [4.78, 5) is 5.37. The van der Waals surface area contributed by atoms with Gasteiger partial charge < -0.3 is 14.2 Å². The van der Waals surface area contributed by atoms with Crippen LogP contribution in [0.5, 0.6) is 0 Å². The number of thiophene rings is 1. The number of fused-ring (bicyclic) bond motifs is 14. The van der Waals surface area contributed by atoms with E-state index in [0.717, 1.165) is 16.6 Å². The zero-order valence-corrected chi connectivity index (χ0v) is 39.2. The summed E-state index contributed by atoms with van der Waals surface area (Å²) in [7, 11) is -3.98. The summed E-state index contributed by atoms with van der Waals surface area (Å²) in [5.41, 5.74) is 13.4. The van der Waals surface area contributed by atoms with Gasteiger partial charge in [0.2, 0.25) is 0 Å². The molecule has 4 heterocycles. The van der Waals surface area contributed by atoms with E-state index in [2.05, 4.69) is 213 Å². The molecule has 9 aromatic carbocycles. The Kier molecular flexibility index (Phi) is 7.72. The Morgan fingerprint density at radius 3 is 1.56 bits per heavy atom. The first-order valence-corrected chi connectivity index (χ1v) is 30.0. The van der Waals surface area contributed by atoms with E-state index in [1.165, 1.54) is 108 Å². The summed E-state index contributed by atoms with van der Waals surface area (Å²) >= 11 is 1.91. The predicted octanol–water partition coefficient (Wildman–Crippen LogP) is 13.4. The molecule has 0 N–H and O–H groups in total. The molecule has 0 aliphatic carbocycles. The van der Waals surface area contributed by atoms with E-state index < -0.39 is 16.1 Å². The van der Waals surface area contributed by atoms with Crippen molar-refractivity contribution in [2.75, 3.05) is 9.80 Å². The van der Waals surface area contributed by atoms with Crippen molar-refractivity contribution in [1.82, 2.24) is 0 Å². The number of anilines is 6. The molecule has 0 radical (unpaired) electrons. The monoisotopic (exact) mass is 860 g/mol. The van der Waals surface area contributed by atoms with E-state index in [4.69, 9.17) is 4.42 Å². The van der Waals surface area contributed by atoms with Crippen LogP contribution in [0.4, 0.5) is 34.1 Å². The van der Waals surface area contributed by atoms with Gasteiger partial charge in [-0.25, -0.2) is 0 Å². The van der Waals surface area contributed by atoms with Crippen LogP contribution in [-0.4, -0.2) is 22.9 Å². The molecule has 0 fully saturated rings. The van der Waals surface area contributed by atoms with E-state index in [1.54, 1.807) is 0 Å². The normalized spacial score (nSPS) is 13.8. The molecule has 0 atom stereocenters. The standard InChI is InChI=1S/C56H45BN2OSSi2/c1-62(2,3)55-36-18-9-7-16-34(36)26-30-44(55)58-42-22-15-23-43-52(42)57(40-28-32-47-50(53(40)58)38-20-11-13-24-46(38)60-47)41-29-33-49-51(39-21-12-14-25-48(39)61-49)54(41)59(43)45-31-27-35-17-8-10-19-37(35)56(45)63(4,5)6/h7-33H,1-6H3. The van der Waals surface area contributed by atoms with Gasteiger partial charge in [-0.3, -0.25) is 0 Å². The third-order valence-corrected chi connectivity index (χ3v) is 19.0. The van der Waals surface area contributed by atoms with Crippen LogP contribution in [0.1, 0.15) is 0 Å². The predicted molar refractivity (Wildman–Crippen MR) is 282 cm³/mol. The van der Waals surface area contributed by atoms with Crippen molar-refractivity contribution in [2.45, 2.75) is 39.3 Å². The lowest BCUT2D eigenvalue weighted by Gasteiger charge is -2.46. The highest BCUT2D eigenvalue weighted by molar-refractivity contribution is 7.26. The maximum Gasteiger partial charge on any atom is 0.252 e. The van der Waals surface area contributed by atoms with Gasteiger partial charge in [-0.15, -0.1) is 11.3 Å². The second-order valence-electron chi connectivity index (χ2n) is 19.6. The van der Waals surface area contributed by atoms with Gasteiger partial charge in [-0.1, -0.05) is 155 Å². The third-order valence-electron chi connectivity index (χ3n) is 13.8. The van der Waals surface area contributed by atoms with Gasteiger partial charge in [-0.2, -0.15) is 0 Å². The quantitative estimate of drug-likeness (QED) is 0.164. The summed E-state index contributed by atoms with van der Waals surface area (Å²) in [6, 6.07) is 61.9. The summed E-state index contributed by atoms with van der Waals surface area (Å²) in [6.45, 7) is 15.0. The van der Waals surface area contributed by atoms with Crippen LogP contribution in [0.3, 0.4) is 0 Å². The van der Waals surface area contributed by atoms with Crippen molar-refractivity contribution in [3.05, 3.63) is 164 Å². The van der Waals surface area contributed by atoms with E-state index in [-0.39, 0.29) is 6.71 Å². The number of rotatable bonds is 4.